The van der Waals surface area contributed by atoms with Crippen LogP contribution in [0.5, 0.6) is 0 Å². The van der Waals surface area contributed by atoms with Gasteiger partial charge in [-0.2, -0.15) is 11.8 Å². The van der Waals surface area contributed by atoms with Gasteiger partial charge in [0.05, 0.1) is 24.1 Å². The molecule has 1 atom stereocenters. The summed E-state index contributed by atoms with van der Waals surface area (Å²) in [7, 11) is 0. The molecule has 2 rings (SSSR count). The van der Waals surface area contributed by atoms with Crippen molar-refractivity contribution in [3.63, 3.8) is 0 Å². The van der Waals surface area contributed by atoms with Crippen LogP contribution in [0.4, 0.5) is 11.5 Å². The van der Waals surface area contributed by atoms with Crippen LogP contribution in [0.1, 0.15) is 37.0 Å². The highest BCUT2D eigenvalue weighted by atomic mass is 32.2. The van der Waals surface area contributed by atoms with Gasteiger partial charge < -0.3 is 15.8 Å². The highest BCUT2D eigenvalue weighted by molar-refractivity contribution is 8.00. The van der Waals surface area contributed by atoms with Crippen LogP contribution in [0.15, 0.2) is 12.3 Å². The molecule has 20 heavy (non-hydrogen) atoms. The van der Waals surface area contributed by atoms with E-state index in [1.54, 1.807) is 13.0 Å². The molecule has 1 aliphatic rings. The number of esters is 1. The van der Waals surface area contributed by atoms with Gasteiger partial charge in [0.2, 0.25) is 0 Å². The average Bonchev–Trinajstić information content (AvgIpc) is 2.85. The van der Waals surface area contributed by atoms with Crippen LogP contribution < -0.4 is 11.1 Å². The van der Waals surface area contributed by atoms with Crippen LogP contribution >= 0.6 is 11.8 Å². The fourth-order valence-electron chi connectivity index (χ4n) is 2.20. The maximum Gasteiger partial charge on any atom is 0.340 e. The van der Waals surface area contributed by atoms with E-state index in [0.29, 0.717) is 23.7 Å². The maximum absolute atomic E-state index is 11.8. The molecule has 0 radical (unpaired) electrons. The van der Waals surface area contributed by atoms with Crippen LogP contribution in [-0.4, -0.2) is 34.6 Å². The Kier molecular flexibility index (Phi) is 4.75. The lowest BCUT2D eigenvalue weighted by Crippen LogP contribution is -2.27. The first-order valence-corrected chi connectivity index (χ1v) is 7.83. The fraction of sp³-hybridized carbons (Fsp3) is 0.571. The molecule has 0 aromatic carbocycles. The molecule has 1 aromatic rings. The molecule has 3 N–H and O–H groups in total. The van der Waals surface area contributed by atoms with E-state index in [1.807, 2.05) is 11.8 Å². The molecule has 1 unspecified atom stereocenters. The number of aromatic nitrogens is 1. The number of nitrogens with zero attached hydrogens (tertiary/aromatic N) is 1. The van der Waals surface area contributed by atoms with Gasteiger partial charge >= 0.3 is 5.97 Å². The first-order chi connectivity index (χ1) is 9.54. The first kappa shape index (κ1) is 15.0. The molecule has 1 aliphatic heterocycles. The van der Waals surface area contributed by atoms with Gasteiger partial charge in [0.15, 0.2) is 0 Å². The number of nitrogen functional groups attached to an aromatic ring is 1. The van der Waals surface area contributed by atoms with Crippen molar-refractivity contribution < 1.29 is 9.53 Å². The summed E-state index contributed by atoms with van der Waals surface area (Å²) in [6, 6.07) is 1.66. The molecule has 0 saturated carbocycles. The van der Waals surface area contributed by atoms with Crippen molar-refractivity contribution in [1.82, 2.24) is 4.98 Å². The van der Waals surface area contributed by atoms with E-state index in [9.17, 15) is 4.79 Å². The number of thioether (sulfide) groups is 1. The quantitative estimate of drug-likeness (QED) is 0.813. The van der Waals surface area contributed by atoms with Crippen LogP contribution in [-0.2, 0) is 4.74 Å². The lowest BCUT2D eigenvalue weighted by Gasteiger charge is -2.23. The minimum atomic E-state index is -0.406. The highest BCUT2D eigenvalue weighted by Crippen LogP contribution is 2.37. The summed E-state index contributed by atoms with van der Waals surface area (Å²) < 4.78 is 5.23. The summed E-state index contributed by atoms with van der Waals surface area (Å²) >= 11 is 1.98. The molecule has 5 nitrogen and oxygen atoms in total. The highest BCUT2D eigenvalue weighted by Gasteiger charge is 2.29. The van der Waals surface area contributed by atoms with Gasteiger partial charge in [0.1, 0.15) is 5.82 Å². The number of anilines is 2. The minimum absolute atomic E-state index is 0.243. The van der Waals surface area contributed by atoms with Gasteiger partial charge in [-0.1, -0.05) is 0 Å². The number of nitrogens with two attached hydrogens (primary N) is 1. The third-order valence-corrected chi connectivity index (χ3v) is 4.91. The topological polar surface area (TPSA) is 77.2 Å². The standard InChI is InChI=1S/C14H21N3O2S/c1-3-19-13(18)10-7-12(16-8-11(10)15)17-9-14(2)5-4-6-20-14/h7-8H,3-6,9,15H2,1-2H3,(H,16,17). The Bertz CT molecular complexity index is 487. The number of hydrogen-bond acceptors (Lipinski definition) is 6. The van der Waals surface area contributed by atoms with Crippen LogP contribution in [0.25, 0.3) is 0 Å². The molecule has 2 heterocycles. The Hall–Kier alpha value is -1.43. The Morgan fingerprint density at radius 3 is 3.10 bits per heavy atom. The lowest BCUT2D eigenvalue weighted by molar-refractivity contribution is 0.0527. The number of nitrogens with one attached hydrogen (secondary N) is 1. The molecule has 0 amide bonds. The van der Waals surface area contributed by atoms with Crippen molar-refractivity contribution in [2.45, 2.75) is 31.4 Å². The molecule has 110 valence electrons. The summed E-state index contributed by atoms with van der Waals surface area (Å²) in [5.41, 5.74) is 6.48. The fourth-order valence-corrected chi connectivity index (χ4v) is 3.45. The van der Waals surface area contributed by atoms with Crippen LogP contribution in [0.3, 0.4) is 0 Å². The van der Waals surface area contributed by atoms with E-state index >= 15 is 0 Å². The zero-order valence-corrected chi connectivity index (χ0v) is 12.8. The molecule has 0 spiro atoms. The van der Waals surface area contributed by atoms with E-state index in [-0.39, 0.29) is 4.75 Å². The van der Waals surface area contributed by atoms with E-state index in [1.165, 1.54) is 24.8 Å². The summed E-state index contributed by atoms with van der Waals surface area (Å²) in [4.78, 5) is 16.0. The number of rotatable bonds is 5. The van der Waals surface area contributed by atoms with Gasteiger partial charge in [0.25, 0.3) is 0 Å². The Labute approximate surface area is 123 Å². The third-order valence-electron chi connectivity index (χ3n) is 3.37. The number of carbonyl (C=O) groups is 1. The van der Waals surface area contributed by atoms with Crippen LogP contribution in [0.2, 0.25) is 0 Å². The Morgan fingerprint density at radius 2 is 2.45 bits per heavy atom. The zero-order chi connectivity index (χ0) is 14.6. The molecule has 1 saturated heterocycles. The number of ether oxygens (including phenoxy) is 1. The SMILES string of the molecule is CCOC(=O)c1cc(NCC2(C)CCCS2)ncc1N. The van der Waals surface area contributed by atoms with Crippen LogP contribution in [0, 0.1) is 0 Å². The van der Waals surface area contributed by atoms with Crippen molar-refractivity contribution in [3.05, 3.63) is 17.8 Å². The zero-order valence-electron chi connectivity index (χ0n) is 11.9. The van der Waals surface area contributed by atoms with E-state index < -0.39 is 5.97 Å². The van der Waals surface area contributed by atoms with Gasteiger partial charge in [0, 0.05) is 11.3 Å². The maximum atomic E-state index is 11.8. The van der Waals surface area contributed by atoms with Crippen molar-refractivity contribution in [1.29, 1.82) is 0 Å². The predicted molar refractivity (Wildman–Crippen MR) is 83.2 cm³/mol. The predicted octanol–water partition coefficient (Wildman–Crippen LogP) is 2.54. The Morgan fingerprint density at radius 1 is 1.65 bits per heavy atom. The summed E-state index contributed by atoms with van der Waals surface area (Å²) in [5, 5.41) is 3.30. The lowest BCUT2D eigenvalue weighted by atomic mass is 10.1. The van der Waals surface area contributed by atoms with Gasteiger partial charge in [-0.3, -0.25) is 0 Å². The average molecular weight is 295 g/mol. The molecule has 0 aliphatic carbocycles. The molecular formula is C14H21N3O2S. The largest absolute Gasteiger partial charge is 0.462 e. The molecule has 1 aromatic heterocycles. The third kappa shape index (κ3) is 3.56. The normalized spacial score (nSPS) is 21.7. The van der Waals surface area contributed by atoms with Gasteiger partial charge in [-0.05, 0) is 38.5 Å². The van der Waals surface area contributed by atoms with Crippen molar-refractivity contribution >= 4 is 29.2 Å². The van der Waals surface area contributed by atoms with Crippen molar-refractivity contribution in [2.75, 3.05) is 30.0 Å². The Balaban J connectivity index is 2.05. The van der Waals surface area contributed by atoms with Gasteiger partial charge in [-0.15, -0.1) is 0 Å². The smallest absolute Gasteiger partial charge is 0.340 e. The van der Waals surface area contributed by atoms with E-state index in [0.717, 1.165) is 6.54 Å². The molecule has 1 fully saturated rings. The summed E-state index contributed by atoms with van der Waals surface area (Å²) in [6.07, 6.45) is 3.95. The molecule has 0 bridgehead atoms. The summed E-state index contributed by atoms with van der Waals surface area (Å²) in [5.74, 6) is 1.47. The van der Waals surface area contributed by atoms with Crippen molar-refractivity contribution in [2.24, 2.45) is 0 Å². The second-order valence-electron chi connectivity index (χ2n) is 5.13. The second kappa shape index (κ2) is 6.35. The van der Waals surface area contributed by atoms with Gasteiger partial charge in [-0.25, -0.2) is 9.78 Å². The number of hydrogen-bond donors (Lipinski definition) is 2. The number of carbonyl (C=O) groups excluding carboxylic acids is 1. The number of pyridine rings is 1. The molecule has 6 heteroatoms. The van der Waals surface area contributed by atoms with E-state index in [4.69, 9.17) is 10.5 Å². The molecular weight excluding hydrogens is 274 g/mol. The summed E-state index contributed by atoms with van der Waals surface area (Å²) in [6.45, 7) is 5.18. The minimum Gasteiger partial charge on any atom is -0.462 e. The monoisotopic (exact) mass is 295 g/mol. The van der Waals surface area contributed by atoms with Crippen molar-refractivity contribution in [3.8, 4) is 0 Å². The van der Waals surface area contributed by atoms with E-state index in [2.05, 4.69) is 17.2 Å². The second-order valence-corrected chi connectivity index (χ2v) is 6.82. The first-order valence-electron chi connectivity index (χ1n) is 6.84.